The van der Waals surface area contributed by atoms with Gasteiger partial charge >= 0.3 is 12.0 Å². The summed E-state index contributed by atoms with van der Waals surface area (Å²) < 4.78 is 40.5. The first kappa shape index (κ1) is 13.2. The molecular formula is C9H10F3N2O3+. The van der Waals surface area contributed by atoms with Crippen LogP contribution in [0.3, 0.4) is 0 Å². The second-order valence-electron chi connectivity index (χ2n) is 2.98. The summed E-state index contributed by atoms with van der Waals surface area (Å²) in [4.78, 5) is 19.2. The molecule has 8 heteroatoms. The lowest BCUT2D eigenvalue weighted by atomic mass is 10.4. The van der Waals surface area contributed by atoms with Crippen molar-refractivity contribution >= 4 is 5.82 Å². The number of rotatable bonds is 5. The van der Waals surface area contributed by atoms with Crippen LogP contribution in [0.2, 0.25) is 0 Å². The van der Waals surface area contributed by atoms with Crippen LogP contribution in [0.5, 0.6) is 5.75 Å². The molecule has 94 valence electrons. The molecule has 0 bridgehead atoms. The molecule has 0 aromatic carbocycles. The number of aromatic nitrogens is 1. The van der Waals surface area contributed by atoms with Gasteiger partial charge in [-0.3, -0.25) is 0 Å². The fraction of sp³-hybridized carbons (Fsp3) is 0.444. The lowest BCUT2D eigenvalue weighted by molar-refractivity contribution is -0.739. The van der Waals surface area contributed by atoms with Crippen molar-refractivity contribution in [3.63, 3.8) is 0 Å². The fourth-order valence-electron chi connectivity index (χ4n) is 0.995. The van der Waals surface area contributed by atoms with Crippen LogP contribution in [-0.4, -0.2) is 29.8 Å². The Morgan fingerprint density at radius 3 is 2.76 bits per heavy atom. The van der Waals surface area contributed by atoms with Crippen LogP contribution in [0.4, 0.5) is 19.0 Å². The molecule has 1 heterocycles. The van der Waals surface area contributed by atoms with Gasteiger partial charge < -0.3 is 9.57 Å². The van der Waals surface area contributed by atoms with Crippen LogP contribution in [0.25, 0.3) is 0 Å². The average Bonchev–Trinajstić information content (AvgIpc) is 2.27. The molecule has 1 aromatic heterocycles. The maximum absolute atomic E-state index is 11.9. The summed E-state index contributed by atoms with van der Waals surface area (Å²) in [6.07, 6.45) is -4.11. The first-order valence-electron chi connectivity index (χ1n) is 4.60. The van der Waals surface area contributed by atoms with Gasteiger partial charge in [0.05, 0.1) is 13.0 Å². The number of halogens is 3. The third-order valence-electron chi connectivity index (χ3n) is 1.73. The molecule has 0 N–H and O–H groups in total. The van der Waals surface area contributed by atoms with Crippen LogP contribution in [-0.2, 0) is 4.84 Å². The van der Waals surface area contributed by atoms with E-state index in [1.165, 1.54) is 18.3 Å². The molecule has 5 nitrogen and oxygen atoms in total. The number of ether oxygens (including phenoxy) is 1. The maximum atomic E-state index is 11.9. The van der Waals surface area contributed by atoms with Crippen LogP contribution >= 0.6 is 0 Å². The Labute approximate surface area is 94.7 Å². The zero-order chi connectivity index (χ0) is 12.9. The minimum Gasteiger partial charge on any atom is -0.485 e. The zero-order valence-corrected chi connectivity index (χ0v) is 8.90. The molecule has 0 aliphatic rings. The van der Waals surface area contributed by atoms with Gasteiger partial charge in [0.25, 0.3) is 0 Å². The smallest absolute Gasteiger partial charge is 0.450 e. The van der Waals surface area contributed by atoms with Crippen LogP contribution in [0, 0.1) is 4.91 Å². The van der Waals surface area contributed by atoms with Crippen molar-refractivity contribution in [2.24, 2.45) is 0 Å². The van der Waals surface area contributed by atoms with Crippen LogP contribution in [0.1, 0.15) is 6.42 Å². The lowest BCUT2D eigenvalue weighted by Gasteiger charge is -2.07. The van der Waals surface area contributed by atoms with Gasteiger partial charge in [-0.05, 0) is 22.0 Å². The molecule has 0 fully saturated rings. The summed E-state index contributed by atoms with van der Waals surface area (Å²) >= 11 is 0. The SMILES string of the molecule is CO[N+](=O)c1ncccc1OCCC(F)(F)F. The van der Waals surface area contributed by atoms with Crippen LogP contribution in [0.15, 0.2) is 18.3 Å². The van der Waals surface area contributed by atoms with Gasteiger partial charge in [0.1, 0.15) is 13.3 Å². The molecule has 0 spiro atoms. The molecule has 0 saturated heterocycles. The molecule has 1 aromatic rings. The molecule has 0 radical (unpaired) electrons. The quantitative estimate of drug-likeness (QED) is 0.754. The highest BCUT2D eigenvalue weighted by atomic mass is 19.4. The van der Waals surface area contributed by atoms with Crippen molar-refractivity contribution in [2.45, 2.75) is 12.6 Å². The minimum absolute atomic E-state index is 0.0585. The molecule has 0 aliphatic heterocycles. The highest BCUT2D eigenvalue weighted by Gasteiger charge is 2.28. The largest absolute Gasteiger partial charge is 0.485 e. The Balaban J connectivity index is 2.68. The van der Waals surface area contributed by atoms with Gasteiger partial charge in [0.15, 0.2) is 4.92 Å². The molecule has 0 saturated carbocycles. The number of hydrogen-bond donors (Lipinski definition) is 0. The average molecular weight is 251 g/mol. The first-order chi connectivity index (χ1) is 7.94. The maximum Gasteiger partial charge on any atom is 0.450 e. The van der Waals surface area contributed by atoms with E-state index in [9.17, 15) is 18.1 Å². The second-order valence-corrected chi connectivity index (χ2v) is 2.98. The monoisotopic (exact) mass is 251 g/mol. The van der Waals surface area contributed by atoms with Gasteiger partial charge in [-0.15, -0.1) is 0 Å². The Morgan fingerprint density at radius 2 is 2.18 bits per heavy atom. The normalized spacial score (nSPS) is 11.1. The zero-order valence-electron chi connectivity index (χ0n) is 8.90. The van der Waals surface area contributed by atoms with Crippen molar-refractivity contribution < 1.29 is 27.7 Å². The van der Waals surface area contributed by atoms with E-state index in [-0.39, 0.29) is 16.5 Å². The lowest BCUT2D eigenvalue weighted by Crippen LogP contribution is -2.14. The second kappa shape index (κ2) is 5.46. The van der Waals surface area contributed by atoms with Crippen LogP contribution < -0.4 is 4.74 Å². The van der Waals surface area contributed by atoms with E-state index in [1.807, 2.05) is 0 Å². The van der Waals surface area contributed by atoms with E-state index in [0.717, 1.165) is 7.11 Å². The predicted molar refractivity (Wildman–Crippen MR) is 50.7 cm³/mol. The summed E-state index contributed by atoms with van der Waals surface area (Å²) in [7, 11) is 1.11. The van der Waals surface area contributed by atoms with Crippen molar-refractivity contribution in [2.75, 3.05) is 13.7 Å². The highest BCUT2D eigenvalue weighted by molar-refractivity contribution is 5.37. The molecule has 0 unspecified atom stereocenters. The van der Waals surface area contributed by atoms with E-state index >= 15 is 0 Å². The molecular weight excluding hydrogens is 241 g/mol. The fourth-order valence-corrected chi connectivity index (χ4v) is 0.995. The Bertz CT molecular complexity index is 395. The van der Waals surface area contributed by atoms with E-state index in [1.54, 1.807) is 0 Å². The molecule has 0 aliphatic carbocycles. The van der Waals surface area contributed by atoms with Crippen molar-refractivity contribution in [3.05, 3.63) is 23.2 Å². The van der Waals surface area contributed by atoms with Crippen molar-refractivity contribution in [1.82, 2.24) is 4.98 Å². The Hall–Kier alpha value is -1.86. The summed E-state index contributed by atoms with van der Waals surface area (Å²) in [5.74, 6) is -0.286. The number of pyridine rings is 1. The summed E-state index contributed by atoms with van der Waals surface area (Å²) in [6.45, 7) is -0.584. The molecule has 0 amide bonds. The topological polar surface area (TPSA) is 51.4 Å². The summed E-state index contributed by atoms with van der Waals surface area (Å²) in [6, 6.07) is 2.78. The van der Waals surface area contributed by atoms with Gasteiger partial charge in [-0.1, -0.05) is 0 Å². The first-order valence-corrected chi connectivity index (χ1v) is 4.60. The van der Waals surface area contributed by atoms with E-state index < -0.39 is 19.2 Å². The molecule has 17 heavy (non-hydrogen) atoms. The van der Waals surface area contributed by atoms with Gasteiger partial charge in [0, 0.05) is 0 Å². The standard InChI is InChI=1S/C9H10F3N2O3/c1-16-14(15)8-7(3-2-5-13-8)17-6-4-9(10,11)12/h2-3,5H,4,6H2,1H3/q+1. The van der Waals surface area contributed by atoms with Gasteiger partial charge in [-0.2, -0.15) is 13.2 Å². The minimum atomic E-state index is -4.30. The predicted octanol–water partition coefficient (Wildman–Crippen LogP) is 2.38. The van der Waals surface area contributed by atoms with Gasteiger partial charge in [-0.25, -0.2) is 0 Å². The summed E-state index contributed by atoms with van der Waals surface area (Å²) in [5.41, 5.74) is 0. The number of nitrogens with zero attached hydrogens (tertiary/aromatic N) is 2. The highest BCUT2D eigenvalue weighted by Crippen LogP contribution is 2.25. The number of alkyl halides is 3. The molecule has 1 rings (SSSR count). The summed E-state index contributed by atoms with van der Waals surface area (Å²) in [5, 5.41) is 0. The van der Waals surface area contributed by atoms with E-state index in [2.05, 4.69) is 9.82 Å². The number of hydrogen-bond acceptors (Lipinski definition) is 4. The van der Waals surface area contributed by atoms with Crippen molar-refractivity contribution in [3.8, 4) is 5.75 Å². The van der Waals surface area contributed by atoms with E-state index in [0.29, 0.717) is 0 Å². The third kappa shape index (κ3) is 4.25. The Kier molecular flexibility index (Phi) is 4.24. The molecule has 0 atom stereocenters. The Morgan fingerprint density at radius 1 is 1.47 bits per heavy atom. The van der Waals surface area contributed by atoms with Gasteiger partial charge in [0.2, 0.25) is 5.75 Å². The third-order valence-corrected chi connectivity index (χ3v) is 1.73. The van der Waals surface area contributed by atoms with E-state index in [4.69, 9.17) is 4.74 Å². The van der Waals surface area contributed by atoms with Crippen molar-refractivity contribution in [1.29, 1.82) is 0 Å².